The molecule has 0 saturated carbocycles. The molecule has 0 aromatic heterocycles. The van der Waals surface area contributed by atoms with Gasteiger partial charge in [-0.25, -0.2) is 4.99 Å². The third kappa shape index (κ3) is 4.44. The van der Waals surface area contributed by atoms with Crippen LogP contribution in [0.1, 0.15) is 28.7 Å². The molecule has 0 aliphatic carbocycles. The summed E-state index contributed by atoms with van der Waals surface area (Å²) in [6.07, 6.45) is 0.118. The fourth-order valence-electron chi connectivity index (χ4n) is 2.90. The van der Waals surface area contributed by atoms with Crippen LogP contribution in [0.5, 0.6) is 0 Å². The van der Waals surface area contributed by atoms with Gasteiger partial charge in [-0.2, -0.15) is 0 Å². The molecule has 1 N–H and O–H groups in total. The first-order valence-electron chi connectivity index (χ1n) is 9.22. The molecule has 2 amide bonds. The van der Waals surface area contributed by atoms with Crippen LogP contribution in [0.3, 0.4) is 0 Å². The zero-order valence-electron chi connectivity index (χ0n) is 16.9. The number of aliphatic imine (C=N–C) groups is 1. The summed E-state index contributed by atoms with van der Waals surface area (Å²) in [4.78, 5) is 31.1. The second kappa shape index (κ2) is 8.19. The van der Waals surface area contributed by atoms with Crippen LogP contribution in [-0.2, 0) is 9.59 Å². The van der Waals surface area contributed by atoms with Gasteiger partial charge in [0.15, 0.2) is 5.17 Å². The van der Waals surface area contributed by atoms with Crippen molar-refractivity contribution in [3.63, 3.8) is 0 Å². The molecule has 1 aliphatic heterocycles. The van der Waals surface area contributed by atoms with E-state index in [1.807, 2.05) is 57.2 Å². The lowest BCUT2D eigenvalue weighted by Crippen LogP contribution is -2.30. The van der Waals surface area contributed by atoms with Gasteiger partial charge in [0, 0.05) is 19.2 Å². The molecule has 0 spiro atoms. The minimum absolute atomic E-state index is 0.0946. The Balaban J connectivity index is 1.68. The highest BCUT2D eigenvalue weighted by molar-refractivity contribution is 8.15. The molecular weight excluding hydrogens is 370 g/mol. The van der Waals surface area contributed by atoms with Crippen LogP contribution >= 0.6 is 11.8 Å². The third-order valence-electron chi connectivity index (χ3n) is 5.02. The van der Waals surface area contributed by atoms with Crippen molar-refractivity contribution < 1.29 is 9.59 Å². The fraction of sp³-hybridized carbons (Fsp3) is 0.318. The highest BCUT2D eigenvalue weighted by Gasteiger charge is 2.37. The summed E-state index contributed by atoms with van der Waals surface area (Å²) in [6.45, 7) is 8.12. The molecular formula is C22H25N3O2S. The zero-order valence-corrected chi connectivity index (χ0v) is 17.7. The number of amides is 2. The number of carbonyl (C=O) groups excluding carboxylic acids is 2. The van der Waals surface area contributed by atoms with Crippen molar-refractivity contribution in [2.45, 2.75) is 39.4 Å². The molecule has 2 aromatic carbocycles. The van der Waals surface area contributed by atoms with Gasteiger partial charge in [0.2, 0.25) is 11.8 Å². The molecule has 28 heavy (non-hydrogen) atoms. The smallest absolute Gasteiger partial charge is 0.242 e. The van der Waals surface area contributed by atoms with Gasteiger partial charge in [0.1, 0.15) is 5.25 Å². The third-order valence-corrected chi connectivity index (χ3v) is 6.25. The van der Waals surface area contributed by atoms with Crippen LogP contribution in [-0.4, -0.2) is 34.2 Å². The molecule has 1 saturated heterocycles. The number of nitrogens with one attached hydrogen (secondary N) is 1. The molecule has 0 bridgehead atoms. The summed E-state index contributed by atoms with van der Waals surface area (Å²) in [5.74, 6) is -0.266. The number of thioether (sulfide) groups is 1. The van der Waals surface area contributed by atoms with Gasteiger partial charge in [-0.1, -0.05) is 23.9 Å². The van der Waals surface area contributed by atoms with Crippen LogP contribution in [0.4, 0.5) is 11.4 Å². The van der Waals surface area contributed by atoms with E-state index >= 15 is 0 Å². The zero-order chi connectivity index (χ0) is 20.4. The van der Waals surface area contributed by atoms with E-state index in [4.69, 9.17) is 0 Å². The highest BCUT2D eigenvalue weighted by Crippen LogP contribution is 2.31. The Kier molecular flexibility index (Phi) is 5.89. The summed E-state index contributed by atoms with van der Waals surface area (Å²) in [5, 5.41) is 3.05. The molecule has 1 heterocycles. The van der Waals surface area contributed by atoms with E-state index in [1.165, 1.54) is 27.8 Å². The molecule has 5 nitrogen and oxygen atoms in total. The minimum Gasteiger partial charge on any atom is -0.326 e. The van der Waals surface area contributed by atoms with Crippen molar-refractivity contribution in [1.82, 2.24) is 4.90 Å². The normalized spacial score (nSPS) is 18.0. The number of amidine groups is 1. The van der Waals surface area contributed by atoms with Gasteiger partial charge in [-0.05, 0) is 74.2 Å². The Hall–Kier alpha value is -2.60. The summed E-state index contributed by atoms with van der Waals surface area (Å²) < 4.78 is 0. The first kappa shape index (κ1) is 20.1. The molecule has 3 rings (SSSR count). The number of nitrogens with zero attached hydrogens (tertiary/aromatic N) is 2. The average molecular weight is 396 g/mol. The average Bonchev–Trinajstić information content (AvgIpc) is 2.89. The molecule has 1 fully saturated rings. The molecule has 1 aliphatic rings. The van der Waals surface area contributed by atoms with Crippen LogP contribution in [0.15, 0.2) is 41.4 Å². The van der Waals surface area contributed by atoms with Gasteiger partial charge >= 0.3 is 0 Å². The summed E-state index contributed by atoms with van der Waals surface area (Å²) in [5.41, 5.74) is 6.21. The summed E-state index contributed by atoms with van der Waals surface area (Å²) in [6, 6.07) is 11.8. The van der Waals surface area contributed by atoms with Gasteiger partial charge in [0.05, 0.1) is 5.69 Å². The molecule has 1 unspecified atom stereocenters. The van der Waals surface area contributed by atoms with Crippen molar-refractivity contribution in [1.29, 1.82) is 0 Å². The van der Waals surface area contributed by atoms with E-state index in [9.17, 15) is 9.59 Å². The summed E-state index contributed by atoms with van der Waals surface area (Å²) >= 11 is 1.34. The Labute approximate surface area is 170 Å². The maximum atomic E-state index is 12.6. The minimum atomic E-state index is -0.457. The first-order valence-corrected chi connectivity index (χ1v) is 10.1. The monoisotopic (exact) mass is 395 g/mol. The van der Waals surface area contributed by atoms with Gasteiger partial charge in [0.25, 0.3) is 0 Å². The van der Waals surface area contributed by atoms with Crippen molar-refractivity contribution in [3.05, 3.63) is 58.7 Å². The molecule has 146 valence electrons. The van der Waals surface area contributed by atoms with E-state index in [2.05, 4.69) is 17.2 Å². The lowest BCUT2D eigenvalue weighted by molar-refractivity contribution is -0.127. The van der Waals surface area contributed by atoms with E-state index in [0.717, 1.165) is 22.5 Å². The largest absolute Gasteiger partial charge is 0.326 e. The van der Waals surface area contributed by atoms with Gasteiger partial charge in [-0.15, -0.1) is 0 Å². The van der Waals surface area contributed by atoms with Crippen LogP contribution in [0, 0.1) is 27.7 Å². The Morgan fingerprint density at radius 2 is 1.68 bits per heavy atom. The lowest BCUT2D eigenvalue weighted by Gasteiger charge is -2.10. The quantitative estimate of drug-likeness (QED) is 0.828. The Morgan fingerprint density at radius 3 is 2.32 bits per heavy atom. The van der Waals surface area contributed by atoms with Crippen molar-refractivity contribution in [2.75, 3.05) is 12.4 Å². The fourth-order valence-corrected chi connectivity index (χ4v) is 4.06. The topological polar surface area (TPSA) is 61.8 Å². The number of benzene rings is 2. The number of aryl methyl sites for hydroxylation is 4. The first-order chi connectivity index (χ1) is 13.2. The predicted molar refractivity (Wildman–Crippen MR) is 116 cm³/mol. The summed E-state index contributed by atoms with van der Waals surface area (Å²) in [7, 11) is 1.70. The van der Waals surface area contributed by atoms with E-state index in [0.29, 0.717) is 5.17 Å². The second-order valence-corrected chi connectivity index (χ2v) is 8.39. The maximum Gasteiger partial charge on any atom is 0.242 e. The van der Waals surface area contributed by atoms with Crippen LogP contribution in [0.2, 0.25) is 0 Å². The van der Waals surface area contributed by atoms with E-state index in [-0.39, 0.29) is 18.2 Å². The molecule has 0 radical (unpaired) electrons. The highest BCUT2D eigenvalue weighted by atomic mass is 32.2. The molecule has 6 heteroatoms. The van der Waals surface area contributed by atoms with Crippen LogP contribution in [0.25, 0.3) is 0 Å². The predicted octanol–water partition coefficient (Wildman–Crippen LogP) is 4.51. The maximum absolute atomic E-state index is 12.6. The lowest BCUT2D eigenvalue weighted by atomic mass is 10.1. The Bertz CT molecular complexity index is 968. The van der Waals surface area contributed by atoms with Gasteiger partial charge in [-0.3, -0.25) is 14.5 Å². The van der Waals surface area contributed by atoms with Gasteiger partial charge < -0.3 is 5.32 Å². The standard InChI is InChI=1S/C22H25N3O2S/c1-13-6-8-17(10-15(13)3)23-20(26)12-19-21(27)25(5)22(28-19)24-18-9-7-14(2)16(4)11-18/h6-11,19H,12H2,1-5H3,(H,23,26). The number of rotatable bonds is 4. The van der Waals surface area contributed by atoms with Crippen molar-refractivity contribution in [2.24, 2.45) is 4.99 Å². The number of hydrogen-bond acceptors (Lipinski definition) is 4. The number of anilines is 1. The van der Waals surface area contributed by atoms with E-state index in [1.54, 1.807) is 7.05 Å². The number of hydrogen-bond donors (Lipinski definition) is 1. The Morgan fingerprint density at radius 1 is 1.04 bits per heavy atom. The molecule has 2 aromatic rings. The van der Waals surface area contributed by atoms with Crippen LogP contribution < -0.4 is 5.32 Å². The number of carbonyl (C=O) groups is 2. The second-order valence-electron chi connectivity index (χ2n) is 7.22. The van der Waals surface area contributed by atoms with Crippen molar-refractivity contribution >= 4 is 40.1 Å². The van der Waals surface area contributed by atoms with E-state index < -0.39 is 5.25 Å². The molecule has 1 atom stereocenters. The van der Waals surface area contributed by atoms with Crippen molar-refractivity contribution in [3.8, 4) is 0 Å². The SMILES string of the molecule is Cc1ccc(N=C2SC(CC(=O)Nc3ccc(C)c(C)c3)C(=O)N2C)cc1C.